The van der Waals surface area contributed by atoms with Crippen molar-refractivity contribution in [3.63, 3.8) is 0 Å². The van der Waals surface area contributed by atoms with Crippen LogP contribution in [0.3, 0.4) is 0 Å². The molecule has 7 nitrogen and oxygen atoms in total. The van der Waals surface area contributed by atoms with Crippen LogP contribution in [-0.2, 0) is 17.3 Å². The molecular formula is C21H20N4O3S2. The van der Waals surface area contributed by atoms with Crippen molar-refractivity contribution in [2.24, 2.45) is 0 Å². The van der Waals surface area contributed by atoms with Gasteiger partial charge in [-0.3, -0.25) is 0 Å². The van der Waals surface area contributed by atoms with Crippen LogP contribution in [-0.4, -0.2) is 24.7 Å². The van der Waals surface area contributed by atoms with Gasteiger partial charge in [-0.05, 0) is 56.0 Å². The number of nitrogens with one attached hydrogen (secondary N) is 1. The average molecular weight is 441 g/mol. The fourth-order valence-corrected chi connectivity index (χ4v) is 5.09. The summed E-state index contributed by atoms with van der Waals surface area (Å²) in [5.74, 6) is 0.553. The maximum absolute atomic E-state index is 11.1. The normalized spacial score (nSPS) is 15.4. The quantitative estimate of drug-likeness (QED) is 0.567. The Labute approximate surface area is 180 Å². The SMILES string of the molecule is CC(C)Oc1ccc(-c2nnc(-c3cccc4c3CC[C@@H]4N[SH](=O)=O)s2)cc1C#N. The van der Waals surface area contributed by atoms with Gasteiger partial charge in [0.2, 0.25) is 10.9 Å². The van der Waals surface area contributed by atoms with E-state index in [1.165, 1.54) is 11.3 Å². The standard InChI is InChI=1S/C21H20N4O3S2/c1-12(2)28-19-9-6-13(10-14(19)11-22)20-23-24-21(29-20)17-5-3-4-16-15(17)7-8-18(16)25-30(26)27/h3-6,9-10,12,18,30H,7-8H2,1-2H3,(H,25,26,27)/t18-/m0/s1. The zero-order chi connectivity index (χ0) is 21.3. The van der Waals surface area contributed by atoms with Crippen molar-refractivity contribution >= 4 is 22.2 Å². The molecule has 1 aliphatic rings. The number of aromatic nitrogens is 2. The lowest BCUT2D eigenvalue weighted by atomic mass is 10.0. The summed E-state index contributed by atoms with van der Waals surface area (Å²) in [4.78, 5) is 0. The van der Waals surface area contributed by atoms with Crippen LogP contribution in [0.1, 0.15) is 43.0 Å². The van der Waals surface area contributed by atoms with Crippen LogP contribution in [0.2, 0.25) is 0 Å². The minimum absolute atomic E-state index is 0.0191. The van der Waals surface area contributed by atoms with Crippen molar-refractivity contribution in [2.45, 2.75) is 38.8 Å². The minimum atomic E-state index is -2.65. The summed E-state index contributed by atoms with van der Waals surface area (Å²) in [6, 6.07) is 13.3. The van der Waals surface area contributed by atoms with E-state index in [0.29, 0.717) is 16.3 Å². The van der Waals surface area contributed by atoms with Gasteiger partial charge in [-0.1, -0.05) is 29.5 Å². The van der Waals surface area contributed by atoms with Crippen LogP contribution in [0.5, 0.6) is 5.75 Å². The highest BCUT2D eigenvalue weighted by atomic mass is 32.2. The van der Waals surface area contributed by atoms with Gasteiger partial charge in [-0.2, -0.15) is 5.26 Å². The first-order valence-corrected chi connectivity index (χ1v) is 11.5. The molecular weight excluding hydrogens is 420 g/mol. The fraction of sp³-hybridized carbons (Fsp3) is 0.286. The Bertz CT molecular complexity index is 1200. The predicted molar refractivity (Wildman–Crippen MR) is 116 cm³/mol. The van der Waals surface area contributed by atoms with Gasteiger partial charge in [-0.25, -0.2) is 13.1 Å². The van der Waals surface area contributed by atoms with Gasteiger partial charge < -0.3 is 4.74 Å². The fourth-order valence-electron chi connectivity index (χ4n) is 3.67. The summed E-state index contributed by atoms with van der Waals surface area (Å²) in [6.45, 7) is 3.83. The Morgan fingerprint density at radius 2 is 2.03 bits per heavy atom. The van der Waals surface area contributed by atoms with Gasteiger partial charge in [0.15, 0.2) is 0 Å². The Morgan fingerprint density at radius 3 is 2.77 bits per heavy atom. The number of hydrogen-bond donors (Lipinski definition) is 2. The van der Waals surface area contributed by atoms with E-state index in [4.69, 9.17) is 4.74 Å². The molecule has 9 heteroatoms. The summed E-state index contributed by atoms with van der Waals surface area (Å²) in [7, 11) is -2.65. The molecule has 0 unspecified atom stereocenters. The molecule has 1 aliphatic carbocycles. The lowest BCUT2D eigenvalue weighted by molar-refractivity contribution is 0.242. The summed E-state index contributed by atoms with van der Waals surface area (Å²) in [5, 5.41) is 19.6. The van der Waals surface area contributed by atoms with E-state index in [9.17, 15) is 13.7 Å². The summed E-state index contributed by atoms with van der Waals surface area (Å²) in [6.07, 6.45) is 1.49. The predicted octanol–water partition coefficient (Wildman–Crippen LogP) is 3.63. The van der Waals surface area contributed by atoms with Gasteiger partial charge in [0.1, 0.15) is 21.8 Å². The van der Waals surface area contributed by atoms with Gasteiger partial charge in [0.05, 0.1) is 11.7 Å². The number of rotatable bonds is 6. The van der Waals surface area contributed by atoms with Crippen molar-refractivity contribution in [3.05, 3.63) is 53.1 Å². The van der Waals surface area contributed by atoms with Crippen molar-refractivity contribution in [3.8, 4) is 33.0 Å². The number of ether oxygens (including phenoxy) is 1. The van der Waals surface area contributed by atoms with E-state index >= 15 is 0 Å². The summed E-state index contributed by atoms with van der Waals surface area (Å²) >= 11 is 1.45. The second-order valence-electron chi connectivity index (χ2n) is 7.25. The minimum Gasteiger partial charge on any atom is -0.490 e. The van der Waals surface area contributed by atoms with Crippen molar-refractivity contribution in [1.82, 2.24) is 14.9 Å². The molecule has 0 aliphatic heterocycles. The molecule has 1 atom stereocenters. The van der Waals surface area contributed by atoms with Gasteiger partial charge >= 0.3 is 0 Å². The Balaban J connectivity index is 1.66. The van der Waals surface area contributed by atoms with E-state index in [-0.39, 0.29) is 12.1 Å². The first kappa shape index (κ1) is 20.5. The molecule has 0 fully saturated rings. The van der Waals surface area contributed by atoms with Gasteiger partial charge in [0.25, 0.3) is 0 Å². The maximum atomic E-state index is 11.1. The largest absolute Gasteiger partial charge is 0.490 e. The second-order valence-corrected chi connectivity index (χ2v) is 9.00. The van der Waals surface area contributed by atoms with Crippen LogP contribution in [0.4, 0.5) is 0 Å². The molecule has 0 spiro atoms. The highest BCUT2D eigenvalue weighted by Crippen LogP contribution is 2.40. The number of benzene rings is 2. The van der Waals surface area contributed by atoms with Crippen molar-refractivity contribution < 1.29 is 13.2 Å². The molecule has 3 aromatic rings. The number of hydrogen-bond acceptors (Lipinski definition) is 7. The lowest BCUT2D eigenvalue weighted by Crippen LogP contribution is -2.16. The van der Waals surface area contributed by atoms with Crippen LogP contribution < -0.4 is 9.46 Å². The highest BCUT2D eigenvalue weighted by Gasteiger charge is 2.26. The Kier molecular flexibility index (Phi) is 5.81. The zero-order valence-electron chi connectivity index (χ0n) is 16.5. The molecule has 0 amide bonds. The average Bonchev–Trinajstić information content (AvgIpc) is 3.35. The smallest absolute Gasteiger partial charge is 0.201 e. The first-order chi connectivity index (χ1) is 14.5. The molecule has 1 N–H and O–H groups in total. The molecule has 4 rings (SSSR count). The number of nitriles is 1. The van der Waals surface area contributed by atoms with E-state index in [1.54, 1.807) is 12.1 Å². The monoisotopic (exact) mass is 440 g/mol. The topological polar surface area (TPSA) is 105 Å². The molecule has 1 aromatic heterocycles. The summed E-state index contributed by atoms with van der Waals surface area (Å²) < 4.78 is 30.5. The molecule has 0 radical (unpaired) electrons. The molecule has 0 saturated carbocycles. The first-order valence-electron chi connectivity index (χ1n) is 9.53. The number of nitrogens with zero attached hydrogens (tertiary/aromatic N) is 3. The molecule has 0 bridgehead atoms. The van der Waals surface area contributed by atoms with E-state index in [0.717, 1.165) is 40.1 Å². The Morgan fingerprint density at radius 1 is 1.23 bits per heavy atom. The maximum Gasteiger partial charge on any atom is 0.201 e. The lowest BCUT2D eigenvalue weighted by Gasteiger charge is -2.11. The third-order valence-electron chi connectivity index (χ3n) is 4.90. The van der Waals surface area contributed by atoms with Gasteiger partial charge in [-0.15, -0.1) is 10.2 Å². The summed E-state index contributed by atoms with van der Waals surface area (Å²) in [5.41, 5.74) is 4.33. The number of fused-ring (bicyclic) bond motifs is 1. The van der Waals surface area contributed by atoms with E-state index < -0.39 is 10.9 Å². The van der Waals surface area contributed by atoms with E-state index in [2.05, 4.69) is 21.0 Å². The molecule has 30 heavy (non-hydrogen) atoms. The zero-order valence-corrected chi connectivity index (χ0v) is 18.2. The van der Waals surface area contributed by atoms with Crippen LogP contribution in [0.25, 0.3) is 21.1 Å². The third kappa shape index (κ3) is 4.07. The van der Waals surface area contributed by atoms with Crippen LogP contribution in [0, 0.1) is 11.3 Å². The number of thiol groups is 1. The van der Waals surface area contributed by atoms with Crippen molar-refractivity contribution in [2.75, 3.05) is 0 Å². The van der Waals surface area contributed by atoms with Gasteiger partial charge in [0, 0.05) is 17.2 Å². The van der Waals surface area contributed by atoms with Crippen LogP contribution in [0.15, 0.2) is 36.4 Å². The molecule has 2 aromatic carbocycles. The molecule has 0 saturated heterocycles. The van der Waals surface area contributed by atoms with Crippen LogP contribution >= 0.6 is 11.3 Å². The van der Waals surface area contributed by atoms with Crippen molar-refractivity contribution in [1.29, 1.82) is 5.26 Å². The molecule has 154 valence electrons. The highest BCUT2D eigenvalue weighted by molar-refractivity contribution is 7.70. The third-order valence-corrected chi connectivity index (χ3v) is 6.43. The Hall–Kier alpha value is -2.80. The molecule has 1 heterocycles. The van der Waals surface area contributed by atoms with E-state index in [1.807, 2.05) is 38.1 Å². The second kappa shape index (κ2) is 8.52.